The lowest BCUT2D eigenvalue weighted by atomic mass is 10.1. The Morgan fingerprint density at radius 3 is 2.60 bits per heavy atom. The Bertz CT molecular complexity index is 257. The van der Waals surface area contributed by atoms with Crippen LogP contribution in [0.25, 0.3) is 0 Å². The zero-order chi connectivity index (χ0) is 11.3. The van der Waals surface area contributed by atoms with Crippen LogP contribution in [-0.2, 0) is 0 Å². The van der Waals surface area contributed by atoms with Crippen LogP contribution < -0.4 is 5.73 Å². The van der Waals surface area contributed by atoms with Crippen LogP contribution in [0.5, 0.6) is 0 Å². The predicted molar refractivity (Wildman–Crippen MR) is 62.6 cm³/mol. The van der Waals surface area contributed by atoms with E-state index in [4.69, 9.17) is 10.2 Å². The highest BCUT2D eigenvalue weighted by atomic mass is 16.3. The highest BCUT2D eigenvalue weighted by Gasteiger charge is 2.20. The first-order chi connectivity index (χ1) is 7.19. The van der Waals surface area contributed by atoms with E-state index in [-0.39, 0.29) is 6.04 Å². The molecular formula is C12H22N2O. The maximum absolute atomic E-state index is 5.81. The summed E-state index contributed by atoms with van der Waals surface area (Å²) in [6.07, 6.45) is 1.71. The second kappa shape index (κ2) is 5.93. The summed E-state index contributed by atoms with van der Waals surface area (Å²) in [5.74, 6) is 1.62. The molecule has 0 saturated heterocycles. The number of hydrogen-bond acceptors (Lipinski definition) is 3. The third-order valence-corrected chi connectivity index (χ3v) is 2.54. The van der Waals surface area contributed by atoms with Crippen molar-refractivity contribution in [1.82, 2.24) is 4.90 Å². The maximum Gasteiger partial charge on any atom is 0.122 e. The highest BCUT2D eigenvalue weighted by molar-refractivity contribution is 5.05. The molecule has 3 heteroatoms. The van der Waals surface area contributed by atoms with Gasteiger partial charge in [-0.15, -0.1) is 0 Å². The molecule has 1 aromatic heterocycles. The van der Waals surface area contributed by atoms with Gasteiger partial charge in [-0.25, -0.2) is 0 Å². The molecule has 3 nitrogen and oxygen atoms in total. The molecule has 0 bridgehead atoms. The minimum absolute atomic E-state index is 0.215. The van der Waals surface area contributed by atoms with Crippen LogP contribution in [0.3, 0.4) is 0 Å². The number of likely N-dealkylation sites (N-methyl/N-ethyl adjacent to an activating group) is 1. The Balaban J connectivity index is 2.71. The summed E-state index contributed by atoms with van der Waals surface area (Å²) in [6.45, 7) is 9.26. The SMILES string of the molecule is CCN(CC(C)C)C(CN)c1ccco1. The van der Waals surface area contributed by atoms with E-state index in [1.165, 1.54) is 0 Å². The molecule has 0 amide bonds. The van der Waals surface area contributed by atoms with Crippen molar-refractivity contribution in [2.24, 2.45) is 11.7 Å². The van der Waals surface area contributed by atoms with Crippen molar-refractivity contribution in [3.63, 3.8) is 0 Å². The molecule has 15 heavy (non-hydrogen) atoms. The summed E-state index contributed by atoms with van der Waals surface area (Å²) >= 11 is 0. The molecule has 0 aliphatic carbocycles. The van der Waals surface area contributed by atoms with Gasteiger partial charge in [-0.05, 0) is 24.6 Å². The standard InChI is InChI=1S/C12H22N2O/c1-4-14(9-10(2)3)11(8-13)12-6-5-7-15-12/h5-7,10-11H,4,8-9,13H2,1-3H3. The van der Waals surface area contributed by atoms with Crippen LogP contribution in [0.4, 0.5) is 0 Å². The second-order valence-corrected chi connectivity index (χ2v) is 4.25. The third kappa shape index (κ3) is 3.36. The van der Waals surface area contributed by atoms with E-state index in [1.807, 2.05) is 12.1 Å². The van der Waals surface area contributed by atoms with E-state index in [0.717, 1.165) is 18.8 Å². The summed E-state index contributed by atoms with van der Waals surface area (Å²) in [6, 6.07) is 4.13. The van der Waals surface area contributed by atoms with Crippen LogP contribution in [0.1, 0.15) is 32.6 Å². The average Bonchev–Trinajstić information content (AvgIpc) is 2.70. The first-order valence-corrected chi connectivity index (χ1v) is 5.66. The Hall–Kier alpha value is -0.800. The molecule has 1 rings (SSSR count). The van der Waals surface area contributed by atoms with Gasteiger partial charge in [-0.3, -0.25) is 4.90 Å². The predicted octanol–water partition coefficient (Wildman–Crippen LogP) is 2.26. The van der Waals surface area contributed by atoms with Crippen LogP contribution in [0.2, 0.25) is 0 Å². The third-order valence-electron chi connectivity index (χ3n) is 2.54. The van der Waals surface area contributed by atoms with E-state index in [1.54, 1.807) is 6.26 Å². The minimum atomic E-state index is 0.215. The Labute approximate surface area is 92.2 Å². The fraction of sp³-hybridized carbons (Fsp3) is 0.667. The van der Waals surface area contributed by atoms with Gasteiger partial charge in [-0.2, -0.15) is 0 Å². The number of nitrogens with two attached hydrogens (primary N) is 1. The summed E-state index contributed by atoms with van der Waals surface area (Å²) < 4.78 is 5.43. The second-order valence-electron chi connectivity index (χ2n) is 4.25. The van der Waals surface area contributed by atoms with Gasteiger partial charge in [0.1, 0.15) is 5.76 Å². The molecule has 2 N–H and O–H groups in total. The van der Waals surface area contributed by atoms with Gasteiger partial charge >= 0.3 is 0 Å². The Kier molecular flexibility index (Phi) is 4.85. The van der Waals surface area contributed by atoms with Crippen molar-refractivity contribution in [2.45, 2.75) is 26.8 Å². The van der Waals surface area contributed by atoms with Crippen molar-refractivity contribution in [1.29, 1.82) is 0 Å². The van der Waals surface area contributed by atoms with Crippen LogP contribution >= 0.6 is 0 Å². The first-order valence-electron chi connectivity index (χ1n) is 5.66. The largest absolute Gasteiger partial charge is 0.468 e. The molecule has 1 aromatic rings. The van der Waals surface area contributed by atoms with Crippen LogP contribution in [0.15, 0.2) is 22.8 Å². The average molecular weight is 210 g/mol. The van der Waals surface area contributed by atoms with Gasteiger partial charge in [-0.1, -0.05) is 20.8 Å². The lowest BCUT2D eigenvalue weighted by Gasteiger charge is -2.29. The molecule has 1 atom stereocenters. The number of furan rings is 1. The van der Waals surface area contributed by atoms with Gasteiger partial charge < -0.3 is 10.2 Å². The fourth-order valence-corrected chi connectivity index (χ4v) is 1.87. The highest BCUT2D eigenvalue weighted by Crippen LogP contribution is 2.20. The topological polar surface area (TPSA) is 42.4 Å². The molecule has 0 aliphatic heterocycles. The molecule has 86 valence electrons. The molecule has 0 saturated carbocycles. The maximum atomic E-state index is 5.81. The molecule has 0 radical (unpaired) electrons. The molecule has 0 fully saturated rings. The van der Waals surface area contributed by atoms with Crippen LogP contribution in [0, 0.1) is 5.92 Å². The quantitative estimate of drug-likeness (QED) is 0.783. The summed E-state index contributed by atoms with van der Waals surface area (Å²) in [5, 5.41) is 0. The first kappa shape index (κ1) is 12.3. The van der Waals surface area contributed by atoms with Crippen molar-refractivity contribution < 1.29 is 4.42 Å². The number of nitrogens with zero attached hydrogens (tertiary/aromatic N) is 1. The van der Waals surface area contributed by atoms with Crippen molar-refractivity contribution in [3.8, 4) is 0 Å². The monoisotopic (exact) mass is 210 g/mol. The van der Waals surface area contributed by atoms with E-state index < -0.39 is 0 Å². The molecule has 1 unspecified atom stereocenters. The van der Waals surface area contributed by atoms with E-state index in [9.17, 15) is 0 Å². The Morgan fingerprint density at radius 2 is 2.20 bits per heavy atom. The normalized spacial score (nSPS) is 13.7. The molecule has 1 heterocycles. The van der Waals surface area contributed by atoms with E-state index in [2.05, 4.69) is 25.7 Å². The number of hydrogen-bond donors (Lipinski definition) is 1. The molecule has 0 aromatic carbocycles. The van der Waals surface area contributed by atoms with Gasteiger partial charge in [0, 0.05) is 13.1 Å². The van der Waals surface area contributed by atoms with Gasteiger partial charge in [0.25, 0.3) is 0 Å². The van der Waals surface area contributed by atoms with Gasteiger partial charge in [0.2, 0.25) is 0 Å². The zero-order valence-corrected chi connectivity index (χ0v) is 9.94. The minimum Gasteiger partial charge on any atom is -0.468 e. The lowest BCUT2D eigenvalue weighted by Crippen LogP contribution is -2.36. The van der Waals surface area contributed by atoms with E-state index in [0.29, 0.717) is 12.5 Å². The molecular weight excluding hydrogens is 188 g/mol. The molecule has 0 aliphatic rings. The smallest absolute Gasteiger partial charge is 0.122 e. The fourth-order valence-electron chi connectivity index (χ4n) is 1.87. The Morgan fingerprint density at radius 1 is 1.47 bits per heavy atom. The van der Waals surface area contributed by atoms with Gasteiger partial charge in [0.05, 0.1) is 12.3 Å². The zero-order valence-electron chi connectivity index (χ0n) is 9.94. The van der Waals surface area contributed by atoms with Crippen molar-refractivity contribution in [2.75, 3.05) is 19.6 Å². The summed E-state index contributed by atoms with van der Waals surface area (Å²) in [7, 11) is 0. The van der Waals surface area contributed by atoms with Crippen molar-refractivity contribution >= 4 is 0 Å². The van der Waals surface area contributed by atoms with Crippen LogP contribution in [-0.4, -0.2) is 24.5 Å². The summed E-state index contributed by atoms with van der Waals surface area (Å²) in [5.41, 5.74) is 5.81. The molecule has 0 spiro atoms. The van der Waals surface area contributed by atoms with Crippen molar-refractivity contribution in [3.05, 3.63) is 24.2 Å². The lowest BCUT2D eigenvalue weighted by molar-refractivity contribution is 0.169. The number of rotatable bonds is 6. The summed E-state index contributed by atoms with van der Waals surface area (Å²) in [4.78, 5) is 2.36. The van der Waals surface area contributed by atoms with Gasteiger partial charge in [0.15, 0.2) is 0 Å². The van der Waals surface area contributed by atoms with E-state index >= 15 is 0 Å².